The molecular weight excluding hydrogens is 308 g/mol. The molecule has 7 heteroatoms. The first kappa shape index (κ1) is 16.5. The normalized spacial score (nSPS) is 16.7. The maximum Gasteiger partial charge on any atom is 0.282 e. The van der Waals surface area contributed by atoms with Gasteiger partial charge < -0.3 is 5.11 Å². The molecule has 21 heavy (non-hydrogen) atoms. The van der Waals surface area contributed by atoms with Crippen molar-refractivity contribution in [2.24, 2.45) is 0 Å². The summed E-state index contributed by atoms with van der Waals surface area (Å²) in [5.74, 6) is 5.42. The van der Waals surface area contributed by atoms with Crippen LogP contribution >= 0.6 is 11.3 Å². The van der Waals surface area contributed by atoms with Gasteiger partial charge in [0.25, 0.3) is 10.2 Å². The van der Waals surface area contributed by atoms with Crippen LogP contribution in [-0.4, -0.2) is 48.9 Å². The minimum atomic E-state index is -3.37. The van der Waals surface area contributed by atoms with Crippen LogP contribution < -0.4 is 0 Å². The van der Waals surface area contributed by atoms with Gasteiger partial charge in [0.15, 0.2) is 0 Å². The molecule has 0 radical (unpaired) electrons. The number of nitrogens with zero attached hydrogens (tertiary/aromatic N) is 2. The molecule has 1 aromatic rings. The zero-order valence-corrected chi connectivity index (χ0v) is 13.7. The Kier molecular flexibility index (Phi) is 5.79. The molecule has 0 saturated carbocycles. The van der Waals surface area contributed by atoms with E-state index in [0.29, 0.717) is 19.6 Å². The van der Waals surface area contributed by atoms with Crippen LogP contribution in [0, 0.1) is 11.8 Å². The van der Waals surface area contributed by atoms with Gasteiger partial charge in [-0.25, -0.2) is 0 Å². The molecule has 1 aliphatic rings. The van der Waals surface area contributed by atoms with E-state index in [1.54, 1.807) is 11.4 Å². The van der Waals surface area contributed by atoms with Crippen molar-refractivity contribution in [1.29, 1.82) is 0 Å². The average Bonchev–Trinajstić information content (AvgIpc) is 2.93. The summed E-state index contributed by atoms with van der Waals surface area (Å²) in [6.45, 7) is 1.40. The maximum absolute atomic E-state index is 12.5. The van der Waals surface area contributed by atoms with Gasteiger partial charge in [-0.15, -0.1) is 11.3 Å². The van der Waals surface area contributed by atoms with Gasteiger partial charge in [-0.05, 0) is 29.9 Å². The quantitative estimate of drug-likeness (QED) is 0.847. The number of rotatable bonds is 4. The number of hydrogen-bond acceptors (Lipinski definition) is 4. The van der Waals surface area contributed by atoms with Crippen molar-refractivity contribution in [3.05, 3.63) is 21.9 Å². The molecule has 0 unspecified atom stereocenters. The second-order valence-corrected chi connectivity index (χ2v) is 7.95. The largest absolute Gasteiger partial charge is 0.384 e. The first-order valence-corrected chi connectivity index (χ1v) is 9.20. The van der Waals surface area contributed by atoms with Crippen molar-refractivity contribution in [1.82, 2.24) is 8.61 Å². The Morgan fingerprint density at radius 1 is 1.38 bits per heavy atom. The highest BCUT2D eigenvalue weighted by atomic mass is 32.2. The molecule has 5 nitrogen and oxygen atoms in total. The van der Waals surface area contributed by atoms with E-state index >= 15 is 0 Å². The van der Waals surface area contributed by atoms with Gasteiger partial charge in [0.2, 0.25) is 0 Å². The second kappa shape index (κ2) is 7.38. The highest BCUT2D eigenvalue weighted by Gasteiger charge is 2.28. The van der Waals surface area contributed by atoms with Crippen LogP contribution in [0.2, 0.25) is 0 Å². The van der Waals surface area contributed by atoms with Gasteiger partial charge in [0.1, 0.15) is 6.61 Å². The summed E-state index contributed by atoms with van der Waals surface area (Å²) >= 11 is 1.46. The average molecular weight is 328 g/mol. The smallest absolute Gasteiger partial charge is 0.282 e. The molecule has 1 saturated heterocycles. The van der Waals surface area contributed by atoms with E-state index in [0.717, 1.165) is 29.7 Å². The molecule has 1 aliphatic heterocycles. The first-order valence-electron chi connectivity index (χ1n) is 6.92. The molecule has 2 rings (SSSR count). The summed E-state index contributed by atoms with van der Waals surface area (Å²) in [7, 11) is -1.76. The molecular formula is C14H20N2O3S2. The van der Waals surface area contributed by atoms with Crippen molar-refractivity contribution >= 4 is 21.5 Å². The van der Waals surface area contributed by atoms with E-state index in [2.05, 4.69) is 11.8 Å². The Morgan fingerprint density at radius 2 is 2.10 bits per heavy atom. The van der Waals surface area contributed by atoms with E-state index in [1.807, 2.05) is 11.4 Å². The molecule has 1 N–H and O–H groups in total. The monoisotopic (exact) mass is 328 g/mol. The molecule has 0 aliphatic carbocycles. The fraction of sp³-hybridized carbons (Fsp3) is 0.571. The topological polar surface area (TPSA) is 60.9 Å². The molecule has 0 amide bonds. The Labute approximate surface area is 130 Å². The van der Waals surface area contributed by atoms with Crippen molar-refractivity contribution in [3.8, 4) is 11.8 Å². The number of hydrogen-bond donors (Lipinski definition) is 1. The third-order valence-electron chi connectivity index (χ3n) is 3.38. The van der Waals surface area contributed by atoms with Crippen molar-refractivity contribution in [2.75, 3.05) is 26.7 Å². The second-order valence-electron chi connectivity index (χ2n) is 5.00. The fourth-order valence-corrected chi connectivity index (χ4v) is 4.48. The van der Waals surface area contributed by atoms with Crippen molar-refractivity contribution in [2.45, 2.75) is 25.8 Å². The lowest BCUT2D eigenvalue weighted by Gasteiger charge is -2.30. The van der Waals surface area contributed by atoms with E-state index in [1.165, 1.54) is 15.6 Å². The van der Waals surface area contributed by atoms with Crippen LogP contribution in [0.4, 0.5) is 0 Å². The molecule has 0 spiro atoms. The lowest BCUT2D eigenvalue weighted by atomic mass is 10.2. The van der Waals surface area contributed by atoms with Gasteiger partial charge in [0.05, 0.1) is 4.88 Å². The molecule has 1 fully saturated rings. The van der Waals surface area contributed by atoms with Crippen molar-refractivity contribution < 1.29 is 13.5 Å². The predicted molar refractivity (Wildman–Crippen MR) is 84.1 cm³/mol. The SMILES string of the molecule is CN(Cc1csc(C#CCO)c1)S(=O)(=O)N1CCCCC1. The highest BCUT2D eigenvalue weighted by molar-refractivity contribution is 7.86. The summed E-state index contributed by atoms with van der Waals surface area (Å²) < 4.78 is 27.9. The fourth-order valence-electron chi connectivity index (χ4n) is 2.28. The molecule has 2 heterocycles. The van der Waals surface area contributed by atoms with Crippen LogP contribution in [0.3, 0.4) is 0 Å². The molecule has 0 bridgehead atoms. The zero-order valence-electron chi connectivity index (χ0n) is 12.1. The van der Waals surface area contributed by atoms with E-state index in [-0.39, 0.29) is 6.61 Å². The van der Waals surface area contributed by atoms with Gasteiger partial charge >= 0.3 is 0 Å². The Morgan fingerprint density at radius 3 is 2.76 bits per heavy atom. The van der Waals surface area contributed by atoms with Crippen molar-refractivity contribution in [3.63, 3.8) is 0 Å². The van der Waals surface area contributed by atoms with Gasteiger partial charge in [-0.2, -0.15) is 17.0 Å². The first-order chi connectivity index (χ1) is 10.0. The minimum Gasteiger partial charge on any atom is -0.384 e. The maximum atomic E-state index is 12.5. The number of aliphatic hydroxyl groups is 1. The van der Waals surface area contributed by atoms with Gasteiger partial charge in [-0.3, -0.25) is 0 Å². The predicted octanol–water partition coefficient (Wildman–Crippen LogP) is 1.25. The molecule has 1 aromatic heterocycles. The third kappa shape index (κ3) is 4.28. The standard InChI is InChI=1S/C14H20N2O3S2/c1-15(21(18,19)16-7-3-2-4-8-16)11-13-10-14(20-12-13)6-5-9-17/h10,12,17H,2-4,7-9,11H2,1H3. The summed E-state index contributed by atoms with van der Waals surface area (Å²) in [6.07, 6.45) is 2.98. The van der Waals surface area contributed by atoms with Crippen LogP contribution in [0.5, 0.6) is 0 Å². The van der Waals surface area contributed by atoms with Crippen LogP contribution in [0.1, 0.15) is 29.7 Å². The summed E-state index contributed by atoms with van der Waals surface area (Å²) in [4.78, 5) is 0.836. The molecule has 0 aromatic carbocycles. The van der Waals surface area contributed by atoms with Crippen LogP contribution in [-0.2, 0) is 16.8 Å². The lowest BCUT2D eigenvalue weighted by molar-refractivity contribution is 0.314. The summed E-state index contributed by atoms with van der Waals surface area (Å²) in [6, 6.07) is 1.87. The lowest BCUT2D eigenvalue weighted by Crippen LogP contribution is -2.43. The highest BCUT2D eigenvalue weighted by Crippen LogP contribution is 2.19. The van der Waals surface area contributed by atoms with Gasteiger partial charge in [0, 0.05) is 26.7 Å². The van der Waals surface area contributed by atoms with Crippen LogP contribution in [0.15, 0.2) is 11.4 Å². The van der Waals surface area contributed by atoms with Crippen LogP contribution in [0.25, 0.3) is 0 Å². The van der Waals surface area contributed by atoms with E-state index in [4.69, 9.17) is 5.11 Å². The van der Waals surface area contributed by atoms with Gasteiger partial charge in [-0.1, -0.05) is 18.3 Å². The Balaban J connectivity index is 2.02. The Hall–Kier alpha value is -0.910. The number of thiophene rings is 1. The molecule has 0 atom stereocenters. The summed E-state index contributed by atoms with van der Waals surface area (Å²) in [5.41, 5.74) is 0.922. The summed E-state index contributed by atoms with van der Waals surface area (Å²) in [5, 5.41) is 10.6. The van der Waals surface area contributed by atoms with E-state index in [9.17, 15) is 8.42 Å². The zero-order chi connectivity index (χ0) is 15.3. The third-order valence-corrected chi connectivity index (χ3v) is 6.21. The number of piperidine rings is 1. The Bertz CT molecular complexity index is 622. The molecule has 116 valence electrons. The number of aliphatic hydroxyl groups excluding tert-OH is 1. The van der Waals surface area contributed by atoms with E-state index < -0.39 is 10.2 Å². The minimum absolute atomic E-state index is 0.170.